The highest BCUT2D eigenvalue weighted by Gasteiger charge is 2.17. The summed E-state index contributed by atoms with van der Waals surface area (Å²) in [6.45, 7) is 2.10. The molecule has 1 aromatic heterocycles. The molecule has 2 heterocycles. The van der Waals surface area contributed by atoms with E-state index < -0.39 is 0 Å². The normalized spacial score (nSPS) is 17.4. The molecule has 1 aromatic carbocycles. The lowest BCUT2D eigenvalue weighted by atomic mass is 10.1. The van der Waals surface area contributed by atoms with Crippen molar-refractivity contribution in [1.82, 2.24) is 9.88 Å². The van der Waals surface area contributed by atoms with Gasteiger partial charge in [-0.1, -0.05) is 12.1 Å². The summed E-state index contributed by atoms with van der Waals surface area (Å²) in [7, 11) is 2.13. The average molecular weight is 218 g/mol. The Morgan fingerprint density at radius 1 is 1.25 bits per heavy atom. The molecular formula is C13H15FN2. The maximum atomic E-state index is 13.6. The van der Waals surface area contributed by atoms with Crippen LogP contribution in [0.3, 0.4) is 0 Å². The van der Waals surface area contributed by atoms with Gasteiger partial charge in [0.1, 0.15) is 5.82 Å². The molecule has 0 spiro atoms. The van der Waals surface area contributed by atoms with Gasteiger partial charge < -0.3 is 9.88 Å². The molecule has 16 heavy (non-hydrogen) atoms. The zero-order valence-electron chi connectivity index (χ0n) is 9.39. The van der Waals surface area contributed by atoms with Crippen LogP contribution in [0.4, 0.5) is 4.39 Å². The van der Waals surface area contributed by atoms with Crippen molar-refractivity contribution in [2.45, 2.75) is 12.8 Å². The Hall–Kier alpha value is -1.35. The molecule has 3 heteroatoms. The minimum atomic E-state index is -0.140. The van der Waals surface area contributed by atoms with Crippen molar-refractivity contribution in [3.63, 3.8) is 0 Å². The number of likely N-dealkylation sites (N-methyl/N-ethyl adjacent to an activating group) is 1. The minimum Gasteiger partial charge on any atom is -0.356 e. The molecular weight excluding hydrogens is 203 g/mol. The van der Waals surface area contributed by atoms with Crippen LogP contribution in [-0.4, -0.2) is 30.0 Å². The van der Waals surface area contributed by atoms with Crippen LogP contribution in [0.15, 0.2) is 18.2 Å². The number of aromatic nitrogens is 1. The number of aromatic amines is 1. The van der Waals surface area contributed by atoms with Crippen molar-refractivity contribution in [3.05, 3.63) is 35.3 Å². The summed E-state index contributed by atoms with van der Waals surface area (Å²) in [6.07, 6.45) is 2.00. The Labute approximate surface area is 94.1 Å². The Kier molecular flexibility index (Phi) is 2.21. The Morgan fingerprint density at radius 2 is 2.06 bits per heavy atom. The maximum Gasteiger partial charge on any atom is 0.147 e. The Morgan fingerprint density at radius 3 is 2.94 bits per heavy atom. The zero-order valence-corrected chi connectivity index (χ0v) is 9.39. The number of halogens is 1. The molecule has 0 bridgehead atoms. The summed E-state index contributed by atoms with van der Waals surface area (Å²) in [5.41, 5.74) is 3.19. The second-order valence-corrected chi connectivity index (χ2v) is 4.55. The van der Waals surface area contributed by atoms with Crippen LogP contribution in [0.5, 0.6) is 0 Å². The van der Waals surface area contributed by atoms with E-state index in [1.807, 2.05) is 6.07 Å². The molecule has 1 aliphatic rings. The number of H-pyrrole nitrogens is 1. The minimum absolute atomic E-state index is 0.140. The monoisotopic (exact) mass is 218 g/mol. The third-order valence-corrected chi connectivity index (χ3v) is 3.47. The highest BCUT2D eigenvalue weighted by atomic mass is 19.1. The number of nitrogens with zero attached hydrogens (tertiary/aromatic N) is 1. The SMILES string of the molecule is CN1CCc2[nH]c3c(F)cccc3c2CC1. The van der Waals surface area contributed by atoms with Crippen molar-refractivity contribution >= 4 is 10.9 Å². The Balaban J connectivity index is 2.18. The first-order valence-electron chi connectivity index (χ1n) is 5.72. The predicted octanol–water partition coefficient (Wildman–Crippen LogP) is 2.34. The number of para-hydroxylation sites is 1. The van der Waals surface area contributed by atoms with E-state index in [1.165, 1.54) is 17.3 Å². The van der Waals surface area contributed by atoms with Gasteiger partial charge in [-0.3, -0.25) is 0 Å². The summed E-state index contributed by atoms with van der Waals surface area (Å²) in [6, 6.07) is 5.32. The molecule has 0 saturated carbocycles. The van der Waals surface area contributed by atoms with Gasteiger partial charge in [0.05, 0.1) is 5.52 Å². The molecule has 3 rings (SSSR count). The van der Waals surface area contributed by atoms with Gasteiger partial charge in [0, 0.05) is 30.6 Å². The largest absolute Gasteiger partial charge is 0.356 e. The van der Waals surface area contributed by atoms with Crippen LogP contribution in [0.25, 0.3) is 10.9 Å². The Bertz CT molecular complexity index is 530. The van der Waals surface area contributed by atoms with Gasteiger partial charge in [-0.25, -0.2) is 4.39 Å². The fourth-order valence-electron chi connectivity index (χ4n) is 2.51. The van der Waals surface area contributed by atoms with Gasteiger partial charge in [-0.15, -0.1) is 0 Å². The van der Waals surface area contributed by atoms with Gasteiger partial charge in [0.15, 0.2) is 0 Å². The lowest BCUT2D eigenvalue weighted by molar-refractivity contribution is 0.352. The van der Waals surface area contributed by atoms with Crippen LogP contribution in [-0.2, 0) is 12.8 Å². The van der Waals surface area contributed by atoms with E-state index in [0.717, 1.165) is 31.3 Å². The molecule has 0 radical (unpaired) electrons. The fourth-order valence-corrected chi connectivity index (χ4v) is 2.51. The van der Waals surface area contributed by atoms with Crippen molar-refractivity contribution in [3.8, 4) is 0 Å². The highest BCUT2D eigenvalue weighted by molar-refractivity contribution is 5.85. The number of nitrogens with one attached hydrogen (secondary N) is 1. The maximum absolute atomic E-state index is 13.6. The molecule has 0 fully saturated rings. The first kappa shape index (κ1) is 9.85. The van der Waals surface area contributed by atoms with Gasteiger partial charge in [0.2, 0.25) is 0 Å². The standard InChI is InChI=1S/C13H15FN2/c1-16-7-5-9-10-3-2-4-11(14)13(10)15-12(9)6-8-16/h2-4,15H,5-8H2,1H3. The van der Waals surface area contributed by atoms with Crippen LogP contribution < -0.4 is 0 Å². The number of hydrogen-bond acceptors (Lipinski definition) is 1. The smallest absolute Gasteiger partial charge is 0.147 e. The van der Waals surface area contributed by atoms with Crippen LogP contribution in [0, 0.1) is 5.82 Å². The third kappa shape index (κ3) is 1.43. The zero-order chi connectivity index (χ0) is 11.1. The summed E-state index contributed by atoms with van der Waals surface area (Å²) < 4.78 is 13.6. The van der Waals surface area contributed by atoms with Crippen molar-refractivity contribution < 1.29 is 4.39 Å². The number of rotatable bonds is 0. The van der Waals surface area contributed by atoms with Crippen LogP contribution in [0.1, 0.15) is 11.3 Å². The second-order valence-electron chi connectivity index (χ2n) is 4.55. The molecule has 1 aliphatic heterocycles. The van der Waals surface area contributed by atoms with E-state index >= 15 is 0 Å². The number of fused-ring (bicyclic) bond motifs is 3. The summed E-state index contributed by atoms with van der Waals surface area (Å²) >= 11 is 0. The lowest BCUT2D eigenvalue weighted by Crippen LogP contribution is -2.21. The quantitative estimate of drug-likeness (QED) is 0.719. The fraction of sp³-hybridized carbons (Fsp3) is 0.385. The summed E-state index contributed by atoms with van der Waals surface area (Å²) in [5, 5.41) is 1.06. The van der Waals surface area contributed by atoms with E-state index in [2.05, 4.69) is 16.9 Å². The lowest BCUT2D eigenvalue weighted by Gasteiger charge is -2.11. The van der Waals surface area contributed by atoms with Gasteiger partial charge in [0.25, 0.3) is 0 Å². The van der Waals surface area contributed by atoms with Crippen molar-refractivity contribution in [2.75, 3.05) is 20.1 Å². The first-order valence-corrected chi connectivity index (χ1v) is 5.72. The predicted molar refractivity (Wildman–Crippen MR) is 63.2 cm³/mol. The molecule has 0 aliphatic carbocycles. The average Bonchev–Trinajstić information content (AvgIpc) is 2.53. The number of hydrogen-bond donors (Lipinski definition) is 1. The highest BCUT2D eigenvalue weighted by Crippen LogP contribution is 2.27. The topological polar surface area (TPSA) is 19.0 Å². The van der Waals surface area contributed by atoms with E-state index in [-0.39, 0.29) is 5.82 Å². The second kappa shape index (κ2) is 3.59. The van der Waals surface area contributed by atoms with E-state index in [9.17, 15) is 4.39 Å². The van der Waals surface area contributed by atoms with E-state index in [0.29, 0.717) is 5.52 Å². The summed E-state index contributed by atoms with van der Waals surface area (Å²) in [5.74, 6) is -0.140. The molecule has 0 unspecified atom stereocenters. The molecule has 2 aromatic rings. The molecule has 0 atom stereocenters. The molecule has 0 amide bonds. The van der Waals surface area contributed by atoms with Crippen LogP contribution >= 0.6 is 0 Å². The van der Waals surface area contributed by atoms with E-state index in [4.69, 9.17) is 0 Å². The van der Waals surface area contributed by atoms with Crippen molar-refractivity contribution in [1.29, 1.82) is 0 Å². The van der Waals surface area contributed by atoms with Crippen LogP contribution in [0.2, 0.25) is 0 Å². The summed E-state index contributed by atoms with van der Waals surface area (Å²) in [4.78, 5) is 5.56. The third-order valence-electron chi connectivity index (χ3n) is 3.47. The molecule has 0 saturated heterocycles. The number of benzene rings is 1. The van der Waals surface area contributed by atoms with E-state index in [1.54, 1.807) is 6.07 Å². The van der Waals surface area contributed by atoms with Gasteiger partial charge in [-0.05, 0) is 25.1 Å². The molecule has 1 N–H and O–H groups in total. The van der Waals surface area contributed by atoms with Crippen molar-refractivity contribution in [2.24, 2.45) is 0 Å². The van der Waals surface area contributed by atoms with Gasteiger partial charge >= 0.3 is 0 Å². The molecule has 2 nitrogen and oxygen atoms in total. The first-order chi connectivity index (χ1) is 7.75. The van der Waals surface area contributed by atoms with Gasteiger partial charge in [-0.2, -0.15) is 0 Å². The molecule has 84 valence electrons.